The van der Waals surface area contributed by atoms with Crippen LogP contribution in [0.2, 0.25) is 0 Å². The van der Waals surface area contributed by atoms with Crippen LogP contribution in [0.5, 0.6) is 0 Å². The van der Waals surface area contributed by atoms with Crippen molar-refractivity contribution in [2.75, 3.05) is 18.5 Å². The first kappa shape index (κ1) is 14.3. The minimum atomic E-state index is -0.159. The molecule has 0 heterocycles. The number of rotatable bonds is 4. The molecule has 1 aliphatic carbocycles. The van der Waals surface area contributed by atoms with Crippen LogP contribution in [0.15, 0.2) is 18.2 Å². The van der Waals surface area contributed by atoms with Crippen molar-refractivity contribution in [2.24, 2.45) is 11.7 Å². The Kier molecular flexibility index (Phi) is 4.81. The normalized spacial score (nSPS) is 18.3. The van der Waals surface area contributed by atoms with Crippen molar-refractivity contribution >= 4 is 5.69 Å². The van der Waals surface area contributed by atoms with Gasteiger partial charge in [0.2, 0.25) is 0 Å². The first-order chi connectivity index (χ1) is 9.09. The Bertz CT molecular complexity index is 411. The van der Waals surface area contributed by atoms with Gasteiger partial charge in [-0.25, -0.2) is 4.39 Å². The van der Waals surface area contributed by atoms with E-state index < -0.39 is 0 Å². The molecule has 1 aromatic carbocycles. The third-order valence-corrected chi connectivity index (χ3v) is 4.15. The quantitative estimate of drug-likeness (QED) is 0.894. The summed E-state index contributed by atoms with van der Waals surface area (Å²) in [5, 5.41) is 0. The van der Waals surface area contributed by atoms with Crippen molar-refractivity contribution in [3.05, 3.63) is 29.6 Å². The van der Waals surface area contributed by atoms with Crippen molar-refractivity contribution in [3.63, 3.8) is 0 Å². The SMILES string of the molecule is C[C@@H](N)c1cccc(F)c1N(C)CC1CCCCC1. The molecule has 0 radical (unpaired) electrons. The molecule has 0 spiro atoms. The van der Waals surface area contributed by atoms with E-state index in [1.165, 1.54) is 38.2 Å². The molecule has 19 heavy (non-hydrogen) atoms. The summed E-state index contributed by atoms with van der Waals surface area (Å²) in [5.74, 6) is 0.535. The van der Waals surface area contributed by atoms with Gasteiger partial charge in [0.25, 0.3) is 0 Å². The van der Waals surface area contributed by atoms with Gasteiger partial charge < -0.3 is 10.6 Å². The van der Waals surface area contributed by atoms with Gasteiger partial charge in [0.05, 0.1) is 5.69 Å². The van der Waals surface area contributed by atoms with E-state index in [1.54, 1.807) is 6.07 Å². The van der Waals surface area contributed by atoms with Crippen LogP contribution < -0.4 is 10.6 Å². The van der Waals surface area contributed by atoms with Gasteiger partial charge in [-0.05, 0) is 37.3 Å². The van der Waals surface area contributed by atoms with Crippen LogP contribution >= 0.6 is 0 Å². The lowest BCUT2D eigenvalue weighted by atomic mass is 9.89. The number of benzene rings is 1. The largest absolute Gasteiger partial charge is 0.372 e. The molecule has 3 heteroatoms. The van der Waals surface area contributed by atoms with E-state index in [-0.39, 0.29) is 11.9 Å². The number of anilines is 1. The van der Waals surface area contributed by atoms with E-state index in [0.717, 1.165) is 12.1 Å². The summed E-state index contributed by atoms with van der Waals surface area (Å²) in [6.07, 6.45) is 6.52. The van der Waals surface area contributed by atoms with Crippen molar-refractivity contribution in [2.45, 2.75) is 45.1 Å². The van der Waals surface area contributed by atoms with Crippen molar-refractivity contribution in [1.29, 1.82) is 0 Å². The van der Waals surface area contributed by atoms with Crippen LogP contribution in [0.4, 0.5) is 10.1 Å². The zero-order valence-corrected chi connectivity index (χ0v) is 12.0. The monoisotopic (exact) mass is 264 g/mol. The average Bonchev–Trinajstić information content (AvgIpc) is 2.39. The maximum atomic E-state index is 14.1. The lowest BCUT2D eigenvalue weighted by Crippen LogP contribution is -2.29. The Morgan fingerprint density at radius 2 is 2.00 bits per heavy atom. The average molecular weight is 264 g/mol. The molecule has 0 aromatic heterocycles. The van der Waals surface area contributed by atoms with Crippen LogP contribution in [0.1, 0.15) is 50.6 Å². The molecule has 2 N–H and O–H groups in total. The van der Waals surface area contributed by atoms with Gasteiger partial charge in [-0.1, -0.05) is 31.4 Å². The Labute approximate surface area is 115 Å². The van der Waals surface area contributed by atoms with E-state index in [1.807, 2.05) is 20.0 Å². The van der Waals surface area contributed by atoms with Crippen LogP contribution in [0.3, 0.4) is 0 Å². The van der Waals surface area contributed by atoms with Gasteiger partial charge in [0.1, 0.15) is 5.82 Å². The molecule has 1 saturated carbocycles. The van der Waals surface area contributed by atoms with Gasteiger partial charge in [0, 0.05) is 19.6 Å². The number of nitrogens with two attached hydrogens (primary N) is 1. The Hall–Kier alpha value is -1.09. The smallest absolute Gasteiger partial charge is 0.146 e. The molecule has 1 aromatic rings. The Morgan fingerprint density at radius 1 is 1.32 bits per heavy atom. The highest BCUT2D eigenvalue weighted by atomic mass is 19.1. The van der Waals surface area contributed by atoms with Gasteiger partial charge in [-0.2, -0.15) is 0 Å². The van der Waals surface area contributed by atoms with Crippen molar-refractivity contribution < 1.29 is 4.39 Å². The fraction of sp³-hybridized carbons (Fsp3) is 0.625. The maximum Gasteiger partial charge on any atom is 0.146 e. The van der Waals surface area contributed by atoms with Crippen molar-refractivity contribution in [3.8, 4) is 0 Å². The molecule has 2 nitrogen and oxygen atoms in total. The second-order valence-electron chi connectivity index (χ2n) is 5.85. The lowest BCUT2D eigenvalue weighted by molar-refractivity contribution is 0.361. The number of nitrogens with zero attached hydrogens (tertiary/aromatic N) is 1. The van der Waals surface area contributed by atoms with E-state index in [2.05, 4.69) is 4.90 Å². The summed E-state index contributed by atoms with van der Waals surface area (Å²) >= 11 is 0. The van der Waals surface area contributed by atoms with Crippen LogP contribution in [-0.2, 0) is 0 Å². The molecule has 2 rings (SSSR count). The van der Waals surface area contributed by atoms with Crippen LogP contribution in [0.25, 0.3) is 0 Å². The fourth-order valence-corrected chi connectivity index (χ4v) is 3.15. The number of hydrogen-bond donors (Lipinski definition) is 1. The van der Waals surface area contributed by atoms with E-state index in [9.17, 15) is 4.39 Å². The minimum Gasteiger partial charge on any atom is -0.372 e. The van der Waals surface area contributed by atoms with Crippen molar-refractivity contribution in [1.82, 2.24) is 0 Å². The Balaban J connectivity index is 2.15. The highest BCUT2D eigenvalue weighted by molar-refractivity contribution is 5.55. The molecule has 0 saturated heterocycles. The summed E-state index contributed by atoms with van der Waals surface area (Å²) in [5.41, 5.74) is 7.55. The second-order valence-corrected chi connectivity index (χ2v) is 5.85. The number of para-hydroxylation sites is 1. The topological polar surface area (TPSA) is 29.3 Å². The molecule has 0 aliphatic heterocycles. The summed E-state index contributed by atoms with van der Waals surface area (Å²) in [4.78, 5) is 2.06. The van der Waals surface area contributed by atoms with Crippen LogP contribution in [-0.4, -0.2) is 13.6 Å². The molecule has 0 amide bonds. The summed E-state index contributed by atoms with van der Waals surface area (Å²) in [7, 11) is 1.99. The van der Waals surface area contributed by atoms with Gasteiger partial charge in [0.15, 0.2) is 0 Å². The predicted molar refractivity (Wildman–Crippen MR) is 78.8 cm³/mol. The number of halogens is 1. The number of hydrogen-bond acceptors (Lipinski definition) is 2. The fourth-order valence-electron chi connectivity index (χ4n) is 3.15. The van der Waals surface area contributed by atoms with E-state index >= 15 is 0 Å². The summed E-state index contributed by atoms with van der Waals surface area (Å²) in [6.45, 7) is 2.84. The Morgan fingerprint density at radius 3 is 2.63 bits per heavy atom. The molecule has 106 valence electrons. The maximum absolute atomic E-state index is 14.1. The molecule has 1 aliphatic rings. The minimum absolute atomic E-state index is 0.139. The molecular weight excluding hydrogens is 239 g/mol. The van der Waals surface area contributed by atoms with E-state index in [0.29, 0.717) is 11.6 Å². The lowest BCUT2D eigenvalue weighted by Gasteiger charge is -2.30. The van der Waals surface area contributed by atoms with Gasteiger partial charge in [-0.3, -0.25) is 0 Å². The summed E-state index contributed by atoms with van der Waals surface area (Å²) < 4.78 is 14.1. The van der Waals surface area contributed by atoms with Gasteiger partial charge in [-0.15, -0.1) is 0 Å². The first-order valence-electron chi connectivity index (χ1n) is 7.34. The standard InChI is InChI=1S/C16H25FN2/c1-12(18)14-9-6-10-15(17)16(14)19(2)11-13-7-4-3-5-8-13/h6,9-10,12-13H,3-5,7-8,11,18H2,1-2H3/t12-/m1/s1. The molecular formula is C16H25FN2. The molecule has 1 fully saturated rings. The van der Waals surface area contributed by atoms with Gasteiger partial charge >= 0.3 is 0 Å². The highest BCUT2D eigenvalue weighted by Crippen LogP contribution is 2.30. The zero-order chi connectivity index (χ0) is 13.8. The molecule has 0 bridgehead atoms. The molecule has 1 atom stereocenters. The third-order valence-electron chi connectivity index (χ3n) is 4.15. The zero-order valence-electron chi connectivity index (χ0n) is 12.0. The summed E-state index contributed by atoms with van der Waals surface area (Å²) in [6, 6.07) is 5.06. The molecule has 0 unspecified atom stereocenters. The highest BCUT2D eigenvalue weighted by Gasteiger charge is 2.20. The first-order valence-corrected chi connectivity index (χ1v) is 7.34. The van der Waals surface area contributed by atoms with E-state index in [4.69, 9.17) is 5.73 Å². The predicted octanol–water partition coefficient (Wildman–Crippen LogP) is 3.86. The second kappa shape index (κ2) is 6.38. The third kappa shape index (κ3) is 3.47. The van der Waals surface area contributed by atoms with Crippen LogP contribution in [0, 0.1) is 11.7 Å².